The first-order valence-electron chi connectivity index (χ1n) is 9.57. The zero-order valence-electron chi connectivity index (χ0n) is 15.8. The highest BCUT2D eigenvalue weighted by Crippen LogP contribution is 2.49. The minimum Gasteiger partial charge on any atom is -0.376 e. The quantitative estimate of drug-likeness (QED) is 0.599. The van der Waals surface area contributed by atoms with Crippen molar-refractivity contribution in [1.29, 1.82) is 0 Å². The molecule has 5 heteroatoms. The molecule has 2 saturated heterocycles. The average Bonchev–Trinajstić information content (AvgIpc) is 3.60. The molecule has 5 nitrogen and oxygen atoms in total. The molecule has 2 aliphatic rings. The van der Waals surface area contributed by atoms with E-state index in [1.807, 2.05) is 74.5 Å². The van der Waals surface area contributed by atoms with Gasteiger partial charge in [-0.1, -0.05) is 60.7 Å². The highest BCUT2D eigenvalue weighted by molar-refractivity contribution is 5.27. The topological polar surface area (TPSA) is 52.8 Å². The van der Waals surface area contributed by atoms with Crippen LogP contribution in [0.15, 0.2) is 60.7 Å². The molecular weight excluding hydrogens is 344 g/mol. The molecule has 2 fully saturated rings. The molecular formula is C22H26O5. The van der Waals surface area contributed by atoms with E-state index in [4.69, 9.17) is 23.7 Å². The average molecular weight is 370 g/mol. The molecule has 0 spiro atoms. The number of hydrogen-bond acceptors (Lipinski definition) is 5. The summed E-state index contributed by atoms with van der Waals surface area (Å²) in [5.74, 6) is -1.37. The molecule has 0 amide bonds. The van der Waals surface area contributed by atoms with Crippen molar-refractivity contribution in [2.75, 3.05) is 26.4 Å². The molecule has 0 radical (unpaired) electrons. The minimum atomic E-state index is -0.684. The summed E-state index contributed by atoms with van der Waals surface area (Å²) in [4.78, 5) is 0. The van der Waals surface area contributed by atoms with Gasteiger partial charge in [0.15, 0.2) is 0 Å². The highest BCUT2D eigenvalue weighted by atomic mass is 16.8. The summed E-state index contributed by atoms with van der Waals surface area (Å²) in [6, 6.07) is 20.0. The number of hydrogen-bond donors (Lipinski definition) is 0. The maximum atomic E-state index is 5.92. The SMILES string of the molecule is CCOC1(c2ccccc2)OC1COCC1OC1(OCC)c1ccccc1. The van der Waals surface area contributed by atoms with E-state index in [0.717, 1.165) is 11.1 Å². The first kappa shape index (κ1) is 18.6. The number of rotatable bonds is 10. The smallest absolute Gasteiger partial charge is 0.225 e. The molecule has 2 heterocycles. The highest BCUT2D eigenvalue weighted by Gasteiger charge is 2.61. The van der Waals surface area contributed by atoms with E-state index >= 15 is 0 Å². The molecule has 0 saturated carbocycles. The Kier molecular flexibility index (Phi) is 5.30. The molecule has 4 rings (SSSR count). The molecule has 2 aliphatic heterocycles. The van der Waals surface area contributed by atoms with E-state index in [9.17, 15) is 0 Å². The van der Waals surface area contributed by atoms with Gasteiger partial charge >= 0.3 is 0 Å². The van der Waals surface area contributed by atoms with Gasteiger partial charge in [0, 0.05) is 24.3 Å². The summed E-state index contributed by atoms with van der Waals surface area (Å²) in [6.45, 7) is 6.01. The molecule has 0 bridgehead atoms. The Balaban J connectivity index is 1.33. The fourth-order valence-electron chi connectivity index (χ4n) is 3.62. The Morgan fingerprint density at radius 3 is 1.48 bits per heavy atom. The van der Waals surface area contributed by atoms with Crippen LogP contribution in [0.25, 0.3) is 0 Å². The number of benzene rings is 2. The molecule has 2 aromatic rings. The van der Waals surface area contributed by atoms with Crippen molar-refractivity contribution < 1.29 is 23.7 Å². The van der Waals surface area contributed by atoms with Gasteiger partial charge in [0.2, 0.25) is 11.6 Å². The minimum absolute atomic E-state index is 0.114. The van der Waals surface area contributed by atoms with Gasteiger partial charge in [-0.05, 0) is 13.8 Å². The molecule has 2 aromatic carbocycles. The summed E-state index contributed by atoms with van der Waals surface area (Å²) < 4.78 is 29.5. The second-order valence-electron chi connectivity index (χ2n) is 6.68. The maximum Gasteiger partial charge on any atom is 0.225 e. The van der Waals surface area contributed by atoms with Crippen LogP contribution in [0.2, 0.25) is 0 Å². The first-order chi connectivity index (χ1) is 13.2. The fourth-order valence-corrected chi connectivity index (χ4v) is 3.62. The van der Waals surface area contributed by atoms with E-state index in [2.05, 4.69) is 0 Å². The third-order valence-corrected chi connectivity index (χ3v) is 4.98. The first-order valence-corrected chi connectivity index (χ1v) is 9.57. The summed E-state index contributed by atoms with van der Waals surface area (Å²) in [7, 11) is 0. The summed E-state index contributed by atoms with van der Waals surface area (Å²) in [5, 5.41) is 0. The van der Waals surface area contributed by atoms with Crippen molar-refractivity contribution in [1.82, 2.24) is 0 Å². The zero-order valence-corrected chi connectivity index (χ0v) is 15.8. The van der Waals surface area contributed by atoms with E-state index in [0.29, 0.717) is 26.4 Å². The lowest BCUT2D eigenvalue weighted by Gasteiger charge is -2.14. The van der Waals surface area contributed by atoms with Crippen molar-refractivity contribution >= 4 is 0 Å². The van der Waals surface area contributed by atoms with Gasteiger partial charge in [0.1, 0.15) is 12.2 Å². The number of epoxide rings is 2. The standard InChI is InChI=1S/C22H26O5/c1-3-24-21(17-11-7-5-8-12-17)19(26-21)15-23-16-20-22(27-20,25-4-2)18-13-9-6-10-14-18/h5-14,19-20H,3-4,15-16H2,1-2H3. The van der Waals surface area contributed by atoms with E-state index in [1.165, 1.54) is 0 Å². The Morgan fingerprint density at radius 2 is 1.11 bits per heavy atom. The van der Waals surface area contributed by atoms with Crippen LogP contribution in [0.1, 0.15) is 25.0 Å². The third kappa shape index (κ3) is 3.53. The van der Waals surface area contributed by atoms with Crippen LogP contribution in [0.4, 0.5) is 0 Å². The van der Waals surface area contributed by atoms with Crippen LogP contribution >= 0.6 is 0 Å². The summed E-state index contributed by atoms with van der Waals surface area (Å²) in [5.41, 5.74) is 2.05. The van der Waals surface area contributed by atoms with Crippen LogP contribution < -0.4 is 0 Å². The van der Waals surface area contributed by atoms with Crippen molar-refractivity contribution in [3.05, 3.63) is 71.8 Å². The molecule has 0 N–H and O–H groups in total. The molecule has 27 heavy (non-hydrogen) atoms. The van der Waals surface area contributed by atoms with E-state index in [1.54, 1.807) is 0 Å². The van der Waals surface area contributed by atoms with Crippen molar-refractivity contribution in [2.45, 2.75) is 37.6 Å². The molecule has 0 aromatic heterocycles. The lowest BCUT2D eigenvalue weighted by molar-refractivity contribution is -0.0430. The van der Waals surface area contributed by atoms with Crippen LogP contribution in [-0.2, 0) is 35.3 Å². The van der Waals surface area contributed by atoms with E-state index in [-0.39, 0.29) is 12.2 Å². The second-order valence-corrected chi connectivity index (χ2v) is 6.68. The van der Waals surface area contributed by atoms with Crippen molar-refractivity contribution in [3.8, 4) is 0 Å². The van der Waals surface area contributed by atoms with Crippen LogP contribution in [0.5, 0.6) is 0 Å². The fraction of sp³-hybridized carbons (Fsp3) is 0.455. The van der Waals surface area contributed by atoms with Crippen LogP contribution in [-0.4, -0.2) is 38.6 Å². The van der Waals surface area contributed by atoms with Gasteiger partial charge in [-0.3, -0.25) is 0 Å². The molecule has 4 unspecified atom stereocenters. The van der Waals surface area contributed by atoms with Crippen molar-refractivity contribution in [2.24, 2.45) is 0 Å². The summed E-state index contributed by atoms with van der Waals surface area (Å²) >= 11 is 0. The summed E-state index contributed by atoms with van der Waals surface area (Å²) in [6.07, 6.45) is -0.228. The predicted octanol–water partition coefficient (Wildman–Crippen LogP) is 3.58. The Labute approximate surface area is 160 Å². The Bertz CT molecular complexity index is 673. The van der Waals surface area contributed by atoms with Crippen molar-refractivity contribution in [3.63, 3.8) is 0 Å². The van der Waals surface area contributed by atoms with E-state index < -0.39 is 11.6 Å². The van der Waals surface area contributed by atoms with Gasteiger partial charge in [-0.2, -0.15) is 0 Å². The number of ether oxygens (including phenoxy) is 5. The zero-order chi connectivity index (χ0) is 18.7. The van der Waals surface area contributed by atoms with Gasteiger partial charge < -0.3 is 23.7 Å². The normalized spacial score (nSPS) is 31.6. The maximum absolute atomic E-state index is 5.92. The third-order valence-electron chi connectivity index (χ3n) is 4.98. The Hall–Kier alpha value is -1.76. The molecule has 144 valence electrons. The lowest BCUT2D eigenvalue weighted by atomic mass is 10.1. The monoisotopic (exact) mass is 370 g/mol. The second kappa shape index (κ2) is 7.70. The van der Waals surface area contributed by atoms with Gasteiger partial charge in [-0.25, -0.2) is 0 Å². The Morgan fingerprint density at radius 1 is 0.704 bits per heavy atom. The van der Waals surface area contributed by atoms with Crippen LogP contribution in [0.3, 0.4) is 0 Å². The van der Waals surface area contributed by atoms with Crippen LogP contribution in [0, 0.1) is 0 Å². The molecule has 4 atom stereocenters. The lowest BCUT2D eigenvalue weighted by Crippen LogP contribution is -2.23. The largest absolute Gasteiger partial charge is 0.376 e. The van der Waals surface area contributed by atoms with Gasteiger partial charge in [-0.15, -0.1) is 0 Å². The van der Waals surface area contributed by atoms with Gasteiger partial charge in [0.25, 0.3) is 0 Å². The molecule has 0 aliphatic carbocycles. The predicted molar refractivity (Wildman–Crippen MR) is 100 cm³/mol. The van der Waals surface area contributed by atoms with Gasteiger partial charge in [0.05, 0.1) is 13.2 Å².